The molecule has 142 valence electrons. The fourth-order valence-electron chi connectivity index (χ4n) is 2.83. The van der Waals surface area contributed by atoms with E-state index in [0.29, 0.717) is 56.4 Å². The number of hydrogen-bond acceptors (Lipinski definition) is 8. The second kappa shape index (κ2) is 7.54. The minimum Gasteiger partial charge on any atom is -0.361 e. The average Bonchev–Trinajstić information content (AvgIpc) is 3.23. The van der Waals surface area contributed by atoms with Gasteiger partial charge in [0.1, 0.15) is 5.76 Å². The lowest BCUT2D eigenvalue weighted by Crippen LogP contribution is -2.37. The van der Waals surface area contributed by atoms with Gasteiger partial charge >= 0.3 is 0 Å². The Bertz CT molecular complexity index is 867. The first-order chi connectivity index (χ1) is 12.3. The first kappa shape index (κ1) is 18.5. The van der Waals surface area contributed by atoms with Gasteiger partial charge in [0.05, 0.1) is 6.26 Å². The van der Waals surface area contributed by atoms with Gasteiger partial charge in [-0.1, -0.05) is 10.3 Å². The zero-order valence-corrected chi connectivity index (χ0v) is 15.5. The highest BCUT2D eigenvalue weighted by atomic mass is 32.2. The predicted octanol–water partition coefficient (Wildman–Crippen LogP) is 0.478. The Morgan fingerprint density at radius 1 is 1.31 bits per heavy atom. The zero-order chi connectivity index (χ0) is 18.7. The number of aromatic nitrogens is 3. The molecular formula is C15H21N5O5S. The molecule has 1 amide bonds. The van der Waals surface area contributed by atoms with Gasteiger partial charge in [-0.25, -0.2) is 12.7 Å². The lowest BCUT2D eigenvalue weighted by Gasteiger charge is -2.28. The van der Waals surface area contributed by atoms with Crippen molar-refractivity contribution in [3.63, 3.8) is 0 Å². The third kappa shape index (κ3) is 4.47. The fraction of sp³-hybridized carbons (Fsp3) is 0.600. The second-order valence-electron chi connectivity index (χ2n) is 6.31. The van der Waals surface area contributed by atoms with Crippen LogP contribution in [0.1, 0.15) is 46.7 Å². The summed E-state index contributed by atoms with van der Waals surface area (Å²) >= 11 is 0. The number of aryl methyl sites for hydroxylation is 1. The third-order valence-electron chi connectivity index (χ3n) is 4.26. The lowest BCUT2D eigenvalue weighted by atomic mass is 9.97. The van der Waals surface area contributed by atoms with E-state index in [2.05, 4.69) is 20.6 Å². The molecule has 0 radical (unpaired) electrons. The molecule has 3 heterocycles. The van der Waals surface area contributed by atoms with Gasteiger partial charge in [0, 0.05) is 38.0 Å². The summed E-state index contributed by atoms with van der Waals surface area (Å²) in [5, 5.41) is 10.3. The fourth-order valence-corrected chi connectivity index (χ4v) is 3.70. The van der Waals surface area contributed by atoms with Gasteiger partial charge in [-0.2, -0.15) is 4.98 Å². The number of hydrogen-bond donors (Lipinski definition) is 1. The maximum Gasteiger partial charge on any atom is 0.273 e. The van der Waals surface area contributed by atoms with E-state index in [1.165, 1.54) is 10.6 Å². The minimum atomic E-state index is -3.15. The third-order valence-corrected chi connectivity index (χ3v) is 5.56. The predicted molar refractivity (Wildman–Crippen MR) is 90.0 cm³/mol. The van der Waals surface area contributed by atoms with Crippen LogP contribution in [0, 0.1) is 6.92 Å². The van der Waals surface area contributed by atoms with E-state index in [-0.39, 0.29) is 17.5 Å². The highest BCUT2D eigenvalue weighted by Gasteiger charge is 2.28. The molecular weight excluding hydrogens is 362 g/mol. The highest BCUT2D eigenvalue weighted by Crippen LogP contribution is 2.26. The number of nitrogens with one attached hydrogen (secondary N) is 1. The topological polar surface area (TPSA) is 131 Å². The Labute approximate surface area is 151 Å². The van der Waals surface area contributed by atoms with Crippen LogP contribution in [-0.2, 0) is 16.4 Å². The Hall–Kier alpha value is -2.27. The molecule has 26 heavy (non-hydrogen) atoms. The van der Waals surface area contributed by atoms with Crippen molar-refractivity contribution in [3.05, 3.63) is 29.2 Å². The van der Waals surface area contributed by atoms with Crippen molar-refractivity contribution in [3.8, 4) is 0 Å². The molecule has 2 aromatic rings. The van der Waals surface area contributed by atoms with Crippen LogP contribution in [0.3, 0.4) is 0 Å². The normalized spacial score (nSPS) is 16.7. The number of carbonyl (C=O) groups excluding carboxylic acids is 1. The van der Waals surface area contributed by atoms with Crippen molar-refractivity contribution in [2.45, 2.75) is 32.1 Å². The zero-order valence-electron chi connectivity index (χ0n) is 14.6. The number of rotatable bonds is 6. The van der Waals surface area contributed by atoms with E-state index < -0.39 is 10.0 Å². The molecule has 1 aliphatic heterocycles. The quantitative estimate of drug-likeness (QED) is 0.762. The summed E-state index contributed by atoms with van der Waals surface area (Å²) in [6, 6.07) is 1.56. The summed E-state index contributed by atoms with van der Waals surface area (Å²) in [7, 11) is -3.15. The van der Waals surface area contributed by atoms with Crippen molar-refractivity contribution in [1.82, 2.24) is 24.9 Å². The number of piperidine rings is 1. The molecule has 0 atom stereocenters. The first-order valence-corrected chi connectivity index (χ1v) is 10.2. The smallest absolute Gasteiger partial charge is 0.273 e. The molecule has 1 aliphatic rings. The summed E-state index contributed by atoms with van der Waals surface area (Å²) in [5.41, 5.74) is 0.228. The number of amides is 1. The van der Waals surface area contributed by atoms with Crippen LogP contribution in [0.4, 0.5) is 0 Å². The van der Waals surface area contributed by atoms with Gasteiger partial charge in [-0.05, 0) is 19.8 Å². The summed E-state index contributed by atoms with van der Waals surface area (Å²) in [6.07, 6.45) is 2.94. The highest BCUT2D eigenvalue weighted by molar-refractivity contribution is 7.88. The molecule has 0 spiro atoms. The summed E-state index contributed by atoms with van der Waals surface area (Å²) < 4.78 is 34.6. The number of sulfonamides is 1. The standard InChI is InChI=1S/C15H21N5O5S/c1-10-9-12(18-24-10)15(21)16-6-3-13-17-14(19-25-13)11-4-7-20(8-5-11)26(2,22)23/h9,11H,3-8H2,1-2H3,(H,16,21). The largest absolute Gasteiger partial charge is 0.361 e. The molecule has 2 aromatic heterocycles. The number of nitrogens with zero attached hydrogens (tertiary/aromatic N) is 4. The molecule has 10 nitrogen and oxygen atoms in total. The maximum atomic E-state index is 11.9. The van der Waals surface area contributed by atoms with Crippen molar-refractivity contribution in [1.29, 1.82) is 0 Å². The van der Waals surface area contributed by atoms with Gasteiger partial charge < -0.3 is 14.4 Å². The first-order valence-electron chi connectivity index (χ1n) is 8.32. The SMILES string of the molecule is Cc1cc(C(=O)NCCc2nc(C3CCN(S(C)(=O)=O)CC3)no2)no1. The molecule has 1 fully saturated rings. The van der Waals surface area contributed by atoms with Gasteiger partial charge in [-0.15, -0.1) is 0 Å². The van der Waals surface area contributed by atoms with E-state index in [1.54, 1.807) is 13.0 Å². The van der Waals surface area contributed by atoms with E-state index >= 15 is 0 Å². The molecule has 1 saturated heterocycles. The maximum absolute atomic E-state index is 11.9. The lowest BCUT2D eigenvalue weighted by molar-refractivity contribution is 0.0944. The Balaban J connectivity index is 1.47. The Morgan fingerprint density at radius 2 is 2.04 bits per heavy atom. The van der Waals surface area contributed by atoms with Crippen LogP contribution in [0.5, 0.6) is 0 Å². The summed E-state index contributed by atoms with van der Waals surface area (Å²) in [6.45, 7) is 2.96. The number of carbonyl (C=O) groups is 1. The van der Waals surface area contributed by atoms with Crippen LogP contribution >= 0.6 is 0 Å². The molecule has 1 N–H and O–H groups in total. The van der Waals surface area contributed by atoms with Crippen molar-refractivity contribution in [2.75, 3.05) is 25.9 Å². The van der Waals surface area contributed by atoms with Gasteiger partial charge in [0.2, 0.25) is 15.9 Å². The average molecular weight is 383 g/mol. The Morgan fingerprint density at radius 3 is 2.65 bits per heavy atom. The monoisotopic (exact) mass is 383 g/mol. The second-order valence-corrected chi connectivity index (χ2v) is 8.29. The van der Waals surface area contributed by atoms with Crippen LogP contribution in [0.2, 0.25) is 0 Å². The molecule has 11 heteroatoms. The van der Waals surface area contributed by atoms with Crippen molar-refractivity contribution < 1.29 is 22.3 Å². The minimum absolute atomic E-state index is 0.0817. The van der Waals surface area contributed by atoms with E-state index in [4.69, 9.17) is 9.05 Å². The summed E-state index contributed by atoms with van der Waals surface area (Å²) in [5.74, 6) is 1.35. The van der Waals surface area contributed by atoms with Gasteiger partial charge in [0.15, 0.2) is 11.5 Å². The van der Waals surface area contributed by atoms with Crippen molar-refractivity contribution in [2.24, 2.45) is 0 Å². The molecule has 0 bridgehead atoms. The van der Waals surface area contributed by atoms with E-state index in [9.17, 15) is 13.2 Å². The van der Waals surface area contributed by atoms with Gasteiger partial charge in [-0.3, -0.25) is 4.79 Å². The molecule has 0 saturated carbocycles. The van der Waals surface area contributed by atoms with Crippen LogP contribution in [0.25, 0.3) is 0 Å². The summed E-state index contributed by atoms with van der Waals surface area (Å²) in [4.78, 5) is 16.2. The molecule has 0 aromatic carbocycles. The van der Waals surface area contributed by atoms with Crippen LogP contribution < -0.4 is 5.32 Å². The van der Waals surface area contributed by atoms with Crippen molar-refractivity contribution >= 4 is 15.9 Å². The molecule has 3 rings (SSSR count). The molecule has 0 unspecified atom stereocenters. The van der Waals surface area contributed by atoms with Gasteiger partial charge in [0.25, 0.3) is 5.91 Å². The van der Waals surface area contributed by atoms with E-state index in [1.807, 2.05) is 0 Å². The van der Waals surface area contributed by atoms with Crippen LogP contribution in [0.15, 0.2) is 15.1 Å². The van der Waals surface area contributed by atoms with E-state index in [0.717, 1.165) is 0 Å². The van der Waals surface area contributed by atoms with Crippen LogP contribution in [-0.4, -0.2) is 59.8 Å². The molecule has 0 aliphatic carbocycles. The Kier molecular flexibility index (Phi) is 5.37.